The van der Waals surface area contributed by atoms with Gasteiger partial charge in [0.2, 0.25) is 5.91 Å². The van der Waals surface area contributed by atoms with Crippen LogP contribution in [0.5, 0.6) is 0 Å². The van der Waals surface area contributed by atoms with Crippen molar-refractivity contribution < 1.29 is 9.53 Å². The van der Waals surface area contributed by atoms with Crippen molar-refractivity contribution in [2.45, 2.75) is 24.9 Å². The smallest absolute Gasteiger partial charge is 0.232 e. The quantitative estimate of drug-likeness (QED) is 0.882. The number of carbonyl (C=O) groups is 1. The number of benzene rings is 1. The lowest BCUT2D eigenvalue weighted by Gasteiger charge is -2.33. The number of fused-ring (bicyclic) bond motifs is 1. The van der Waals surface area contributed by atoms with Crippen LogP contribution in [0.2, 0.25) is 0 Å². The SMILES string of the molecule is COC1CCCN(C(=O)C2CNc3ccccc32)C1. The van der Waals surface area contributed by atoms with Crippen molar-refractivity contribution in [2.24, 2.45) is 0 Å². The molecule has 2 aliphatic rings. The third-order valence-electron chi connectivity index (χ3n) is 4.15. The summed E-state index contributed by atoms with van der Waals surface area (Å²) in [5.74, 6) is 0.200. The predicted molar refractivity (Wildman–Crippen MR) is 74.3 cm³/mol. The average molecular weight is 260 g/mol. The second-order valence-electron chi connectivity index (χ2n) is 5.30. The third-order valence-corrected chi connectivity index (χ3v) is 4.15. The zero-order valence-electron chi connectivity index (χ0n) is 11.3. The fourth-order valence-electron chi connectivity index (χ4n) is 3.06. The lowest BCUT2D eigenvalue weighted by Crippen LogP contribution is -2.45. The van der Waals surface area contributed by atoms with Crippen LogP contribution in [0, 0.1) is 0 Å². The normalized spacial score (nSPS) is 25.8. The number of rotatable bonds is 2. The summed E-state index contributed by atoms with van der Waals surface area (Å²) >= 11 is 0. The Hall–Kier alpha value is -1.55. The number of methoxy groups -OCH3 is 1. The van der Waals surface area contributed by atoms with E-state index in [0.29, 0.717) is 6.54 Å². The summed E-state index contributed by atoms with van der Waals surface area (Å²) in [4.78, 5) is 14.6. The highest BCUT2D eigenvalue weighted by molar-refractivity contribution is 5.88. The fraction of sp³-hybridized carbons (Fsp3) is 0.533. The molecular weight excluding hydrogens is 240 g/mol. The zero-order chi connectivity index (χ0) is 13.2. The van der Waals surface area contributed by atoms with Crippen LogP contribution in [0.4, 0.5) is 5.69 Å². The van der Waals surface area contributed by atoms with Crippen molar-refractivity contribution >= 4 is 11.6 Å². The second kappa shape index (κ2) is 5.21. The number of nitrogens with zero attached hydrogens (tertiary/aromatic N) is 1. The summed E-state index contributed by atoms with van der Waals surface area (Å²) in [6.45, 7) is 2.30. The molecule has 19 heavy (non-hydrogen) atoms. The van der Waals surface area contributed by atoms with Gasteiger partial charge in [-0.1, -0.05) is 18.2 Å². The first-order valence-electron chi connectivity index (χ1n) is 6.94. The van der Waals surface area contributed by atoms with Crippen LogP contribution in [0.3, 0.4) is 0 Å². The van der Waals surface area contributed by atoms with Gasteiger partial charge in [0.15, 0.2) is 0 Å². The molecule has 0 saturated carbocycles. The Morgan fingerprint density at radius 3 is 3.11 bits per heavy atom. The second-order valence-corrected chi connectivity index (χ2v) is 5.30. The highest BCUT2D eigenvalue weighted by Crippen LogP contribution is 2.33. The van der Waals surface area contributed by atoms with E-state index in [1.807, 2.05) is 23.1 Å². The van der Waals surface area contributed by atoms with Gasteiger partial charge in [0.25, 0.3) is 0 Å². The Morgan fingerprint density at radius 1 is 1.42 bits per heavy atom. The molecule has 1 aromatic carbocycles. The lowest BCUT2D eigenvalue weighted by atomic mass is 9.98. The molecule has 102 valence electrons. The van der Waals surface area contributed by atoms with Crippen LogP contribution in [-0.2, 0) is 9.53 Å². The number of para-hydroxylation sites is 1. The van der Waals surface area contributed by atoms with Gasteiger partial charge < -0.3 is 15.0 Å². The molecule has 1 amide bonds. The number of hydrogen-bond acceptors (Lipinski definition) is 3. The minimum absolute atomic E-state index is 0.0354. The minimum atomic E-state index is -0.0354. The summed E-state index contributed by atoms with van der Waals surface area (Å²) < 4.78 is 5.39. The summed E-state index contributed by atoms with van der Waals surface area (Å²) in [5.41, 5.74) is 2.23. The molecule has 0 bridgehead atoms. The van der Waals surface area contributed by atoms with E-state index in [9.17, 15) is 4.79 Å². The van der Waals surface area contributed by atoms with E-state index in [0.717, 1.165) is 37.2 Å². The van der Waals surface area contributed by atoms with Gasteiger partial charge in [-0.15, -0.1) is 0 Å². The van der Waals surface area contributed by atoms with E-state index < -0.39 is 0 Å². The molecule has 1 N–H and O–H groups in total. The zero-order valence-corrected chi connectivity index (χ0v) is 11.3. The van der Waals surface area contributed by atoms with Crippen LogP contribution >= 0.6 is 0 Å². The van der Waals surface area contributed by atoms with E-state index in [2.05, 4.69) is 11.4 Å². The number of carbonyl (C=O) groups excluding carboxylic acids is 1. The Bertz CT molecular complexity index is 475. The van der Waals surface area contributed by atoms with Gasteiger partial charge in [-0.05, 0) is 24.5 Å². The maximum Gasteiger partial charge on any atom is 0.232 e. The highest BCUT2D eigenvalue weighted by atomic mass is 16.5. The number of piperidine rings is 1. The molecular formula is C15H20N2O2. The molecule has 0 aromatic heterocycles. The Morgan fingerprint density at radius 2 is 2.26 bits per heavy atom. The molecule has 0 radical (unpaired) electrons. The first-order valence-corrected chi connectivity index (χ1v) is 6.94. The van der Waals surface area contributed by atoms with Gasteiger partial charge in [-0.3, -0.25) is 4.79 Å². The summed E-state index contributed by atoms with van der Waals surface area (Å²) in [7, 11) is 1.73. The summed E-state index contributed by atoms with van der Waals surface area (Å²) in [5, 5.41) is 3.32. The molecule has 1 fully saturated rings. The Kier molecular flexibility index (Phi) is 3.42. The van der Waals surface area contributed by atoms with Crippen molar-refractivity contribution in [3.63, 3.8) is 0 Å². The van der Waals surface area contributed by atoms with E-state index >= 15 is 0 Å². The molecule has 1 saturated heterocycles. The number of nitrogens with one attached hydrogen (secondary N) is 1. The van der Waals surface area contributed by atoms with Crippen molar-refractivity contribution in [3.05, 3.63) is 29.8 Å². The third kappa shape index (κ3) is 2.32. The molecule has 2 atom stereocenters. The topological polar surface area (TPSA) is 41.6 Å². The van der Waals surface area contributed by atoms with Crippen molar-refractivity contribution in [2.75, 3.05) is 32.1 Å². The van der Waals surface area contributed by atoms with Gasteiger partial charge in [0.05, 0.1) is 12.0 Å². The monoisotopic (exact) mass is 260 g/mol. The number of anilines is 1. The molecule has 0 spiro atoms. The van der Waals surface area contributed by atoms with E-state index in [4.69, 9.17) is 4.74 Å². The number of likely N-dealkylation sites (tertiary alicyclic amines) is 1. The van der Waals surface area contributed by atoms with Crippen LogP contribution < -0.4 is 5.32 Å². The number of amides is 1. The van der Waals surface area contributed by atoms with Crippen LogP contribution in [-0.4, -0.2) is 43.7 Å². The largest absolute Gasteiger partial charge is 0.384 e. The first kappa shape index (κ1) is 12.5. The number of ether oxygens (including phenoxy) is 1. The van der Waals surface area contributed by atoms with Crippen LogP contribution in [0.25, 0.3) is 0 Å². The molecule has 4 nitrogen and oxygen atoms in total. The van der Waals surface area contributed by atoms with Gasteiger partial charge in [0, 0.05) is 32.4 Å². The van der Waals surface area contributed by atoms with Gasteiger partial charge >= 0.3 is 0 Å². The van der Waals surface area contributed by atoms with Crippen molar-refractivity contribution in [3.8, 4) is 0 Å². The predicted octanol–water partition coefficient (Wildman–Crippen LogP) is 1.83. The maximum absolute atomic E-state index is 12.7. The molecule has 4 heteroatoms. The molecule has 1 aromatic rings. The van der Waals surface area contributed by atoms with Crippen molar-refractivity contribution in [1.29, 1.82) is 0 Å². The van der Waals surface area contributed by atoms with Crippen molar-refractivity contribution in [1.82, 2.24) is 4.90 Å². The number of hydrogen-bond donors (Lipinski definition) is 1. The standard InChI is InChI=1S/C15H20N2O2/c1-19-11-5-4-8-17(10-11)15(18)13-9-16-14-7-3-2-6-12(13)14/h2-3,6-7,11,13,16H,4-5,8-10H2,1H3. The van der Waals surface area contributed by atoms with Crippen LogP contribution in [0.1, 0.15) is 24.3 Å². The lowest BCUT2D eigenvalue weighted by molar-refractivity contribution is -0.135. The molecule has 2 heterocycles. The fourth-order valence-corrected chi connectivity index (χ4v) is 3.06. The van der Waals surface area contributed by atoms with Gasteiger partial charge in [-0.25, -0.2) is 0 Å². The first-order chi connectivity index (χ1) is 9.29. The highest BCUT2D eigenvalue weighted by Gasteiger charge is 2.33. The summed E-state index contributed by atoms with van der Waals surface area (Å²) in [6, 6.07) is 8.09. The molecule has 0 aliphatic carbocycles. The molecule has 2 unspecified atom stereocenters. The minimum Gasteiger partial charge on any atom is -0.384 e. The van der Waals surface area contributed by atoms with Gasteiger partial charge in [-0.2, -0.15) is 0 Å². The average Bonchev–Trinajstić information content (AvgIpc) is 2.90. The molecule has 2 aliphatic heterocycles. The Balaban J connectivity index is 1.75. The Labute approximate surface area is 113 Å². The molecule has 3 rings (SSSR count). The summed E-state index contributed by atoms with van der Waals surface area (Å²) in [6.07, 6.45) is 2.29. The maximum atomic E-state index is 12.7. The van der Waals surface area contributed by atoms with E-state index in [1.54, 1.807) is 7.11 Å². The van der Waals surface area contributed by atoms with E-state index in [-0.39, 0.29) is 17.9 Å². The van der Waals surface area contributed by atoms with E-state index in [1.165, 1.54) is 0 Å². The van der Waals surface area contributed by atoms with Gasteiger partial charge in [0.1, 0.15) is 0 Å². The van der Waals surface area contributed by atoms with Crippen LogP contribution in [0.15, 0.2) is 24.3 Å².